The monoisotopic (exact) mass is 385 g/mol. The highest BCUT2D eigenvalue weighted by Gasteiger charge is 2.06. The minimum Gasteiger partial charge on any atom is -0.376 e. The van der Waals surface area contributed by atoms with Gasteiger partial charge in [-0.15, -0.1) is 11.8 Å². The maximum atomic E-state index is 11.9. The van der Waals surface area contributed by atoms with Gasteiger partial charge in [0.15, 0.2) is 0 Å². The van der Waals surface area contributed by atoms with Crippen LogP contribution < -0.4 is 16.2 Å². The Hall–Kier alpha value is -2.47. The van der Waals surface area contributed by atoms with Gasteiger partial charge in [0.1, 0.15) is 0 Å². The molecule has 0 aliphatic rings. The minimum absolute atomic E-state index is 0.0988. The fraction of sp³-hybridized carbons (Fsp3) is 0.333. The van der Waals surface area contributed by atoms with Gasteiger partial charge in [-0.1, -0.05) is 23.8 Å². The van der Waals surface area contributed by atoms with Crippen molar-refractivity contribution in [3.05, 3.63) is 58.7 Å². The summed E-state index contributed by atoms with van der Waals surface area (Å²) in [5, 5.41) is 3.07. The summed E-state index contributed by atoms with van der Waals surface area (Å²) in [7, 11) is 0. The Morgan fingerprint density at radius 3 is 2.30 bits per heavy atom. The summed E-state index contributed by atoms with van der Waals surface area (Å²) in [6.07, 6.45) is 0.336. The Bertz CT molecular complexity index is 821. The van der Waals surface area contributed by atoms with E-state index in [9.17, 15) is 9.59 Å². The molecule has 0 radical (unpaired) electrons. The second kappa shape index (κ2) is 10.0. The fourth-order valence-electron chi connectivity index (χ4n) is 2.50. The van der Waals surface area contributed by atoms with Crippen LogP contribution in [-0.4, -0.2) is 24.1 Å². The SMILES string of the molecule is Cc1ccc(NCC(=O)NNC(=O)CCSc2ccc(C)c(C)c2)c(C)c1. The van der Waals surface area contributed by atoms with E-state index in [0.717, 1.165) is 16.1 Å². The first-order valence-corrected chi connectivity index (χ1v) is 9.92. The van der Waals surface area contributed by atoms with Gasteiger partial charge in [0.25, 0.3) is 5.91 Å². The normalized spacial score (nSPS) is 10.4. The number of hydrazine groups is 1. The van der Waals surface area contributed by atoms with Crippen LogP contribution in [0.15, 0.2) is 41.3 Å². The van der Waals surface area contributed by atoms with Gasteiger partial charge in [0.05, 0.1) is 6.54 Å². The Balaban J connectivity index is 1.65. The molecule has 0 aliphatic carbocycles. The van der Waals surface area contributed by atoms with Gasteiger partial charge < -0.3 is 5.32 Å². The smallest absolute Gasteiger partial charge is 0.257 e. The van der Waals surface area contributed by atoms with Crippen LogP contribution in [0.5, 0.6) is 0 Å². The first-order valence-electron chi connectivity index (χ1n) is 8.94. The number of benzene rings is 2. The van der Waals surface area contributed by atoms with E-state index in [-0.39, 0.29) is 18.4 Å². The lowest BCUT2D eigenvalue weighted by Gasteiger charge is -2.11. The van der Waals surface area contributed by atoms with Crippen molar-refractivity contribution in [2.24, 2.45) is 0 Å². The Morgan fingerprint density at radius 1 is 0.852 bits per heavy atom. The van der Waals surface area contributed by atoms with Crippen LogP contribution in [0.25, 0.3) is 0 Å². The lowest BCUT2D eigenvalue weighted by atomic mass is 10.1. The Morgan fingerprint density at radius 2 is 1.59 bits per heavy atom. The second-order valence-corrected chi connectivity index (χ2v) is 7.78. The molecular formula is C21H27N3O2S. The number of hydrogen-bond acceptors (Lipinski definition) is 4. The number of anilines is 1. The van der Waals surface area contributed by atoms with Crippen molar-refractivity contribution in [2.75, 3.05) is 17.6 Å². The second-order valence-electron chi connectivity index (χ2n) is 6.61. The molecule has 27 heavy (non-hydrogen) atoms. The fourth-order valence-corrected chi connectivity index (χ4v) is 3.45. The van der Waals surface area contributed by atoms with E-state index < -0.39 is 0 Å². The van der Waals surface area contributed by atoms with Gasteiger partial charge in [-0.3, -0.25) is 20.4 Å². The molecule has 0 unspecified atom stereocenters. The molecule has 0 spiro atoms. The van der Waals surface area contributed by atoms with E-state index >= 15 is 0 Å². The Kier molecular flexibility index (Phi) is 7.73. The number of carbonyl (C=O) groups excluding carboxylic acids is 2. The predicted octanol–water partition coefficient (Wildman–Crippen LogP) is 3.66. The molecule has 0 saturated carbocycles. The molecular weight excluding hydrogens is 358 g/mol. The molecule has 0 aromatic heterocycles. The highest BCUT2D eigenvalue weighted by molar-refractivity contribution is 7.99. The highest BCUT2D eigenvalue weighted by Crippen LogP contribution is 2.21. The maximum absolute atomic E-state index is 11.9. The first-order chi connectivity index (χ1) is 12.8. The average Bonchev–Trinajstić information content (AvgIpc) is 2.62. The van der Waals surface area contributed by atoms with Crippen molar-refractivity contribution in [3.63, 3.8) is 0 Å². The molecule has 2 amide bonds. The zero-order chi connectivity index (χ0) is 19.8. The van der Waals surface area contributed by atoms with E-state index in [1.165, 1.54) is 16.7 Å². The molecule has 3 N–H and O–H groups in total. The molecule has 2 rings (SSSR count). The molecule has 0 bridgehead atoms. The third-order valence-corrected chi connectivity index (χ3v) is 5.23. The largest absolute Gasteiger partial charge is 0.376 e. The summed E-state index contributed by atoms with van der Waals surface area (Å²) >= 11 is 1.63. The number of thioether (sulfide) groups is 1. The molecule has 0 fully saturated rings. The summed E-state index contributed by atoms with van der Waals surface area (Å²) in [6, 6.07) is 12.3. The van der Waals surface area contributed by atoms with E-state index in [0.29, 0.717) is 12.2 Å². The van der Waals surface area contributed by atoms with Gasteiger partial charge in [0.2, 0.25) is 5.91 Å². The zero-order valence-electron chi connectivity index (χ0n) is 16.3. The van der Waals surface area contributed by atoms with Gasteiger partial charge >= 0.3 is 0 Å². The van der Waals surface area contributed by atoms with E-state index in [2.05, 4.69) is 54.3 Å². The van der Waals surface area contributed by atoms with E-state index in [1.54, 1.807) is 11.8 Å². The number of amides is 2. The van der Waals surface area contributed by atoms with Crippen molar-refractivity contribution >= 4 is 29.3 Å². The molecule has 0 saturated heterocycles. The number of carbonyl (C=O) groups is 2. The summed E-state index contributed by atoms with van der Waals surface area (Å²) in [4.78, 5) is 24.9. The number of nitrogens with one attached hydrogen (secondary N) is 3. The van der Waals surface area contributed by atoms with Crippen LogP contribution >= 0.6 is 11.8 Å². The molecule has 0 atom stereocenters. The molecule has 2 aromatic rings. The molecule has 2 aromatic carbocycles. The highest BCUT2D eigenvalue weighted by atomic mass is 32.2. The number of rotatable bonds is 7. The Labute approximate surface area is 165 Å². The lowest BCUT2D eigenvalue weighted by Crippen LogP contribution is -2.44. The predicted molar refractivity (Wildman–Crippen MR) is 112 cm³/mol. The van der Waals surface area contributed by atoms with Crippen LogP contribution in [0.2, 0.25) is 0 Å². The quantitative estimate of drug-likeness (QED) is 0.502. The van der Waals surface area contributed by atoms with Gasteiger partial charge in [-0.05, 0) is 62.6 Å². The molecule has 0 heterocycles. The van der Waals surface area contributed by atoms with Crippen LogP contribution in [0, 0.1) is 27.7 Å². The van der Waals surface area contributed by atoms with Crippen molar-refractivity contribution in [2.45, 2.75) is 39.0 Å². The number of aryl methyl sites for hydroxylation is 4. The van der Waals surface area contributed by atoms with Crippen LogP contribution in [0.3, 0.4) is 0 Å². The minimum atomic E-state index is -0.287. The number of hydrogen-bond donors (Lipinski definition) is 3. The first kappa shape index (κ1) is 20.8. The standard InChI is InChI=1S/C21H27N3O2S/c1-14-5-8-19(17(4)11-14)22-13-21(26)24-23-20(25)9-10-27-18-7-6-15(2)16(3)12-18/h5-8,11-12,22H,9-10,13H2,1-4H3,(H,23,25)(H,24,26). The van der Waals surface area contributed by atoms with E-state index in [1.807, 2.05) is 26.0 Å². The topological polar surface area (TPSA) is 70.2 Å². The van der Waals surface area contributed by atoms with Crippen molar-refractivity contribution < 1.29 is 9.59 Å². The van der Waals surface area contributed by atoms with Crippen LogP contribution in [-0.2, 0) is 9.59 Å². The van der Waals surface area contributed by atoms with Gasteiger partial charge in [-0.25, -0.2) is 0 Å². The molecule has 6 heteroatoms. The van der Waals surface area contributed by atoms with Crippen molar-refractivity contribution in [3.8, 4) is 0 Å². The molecule has 5 nitrogen and oxygen atoms in total. The summed E-state index contributed by atoms with van der Waals surface area (Å²) in [5.41, 5.74) is 10.6. The van der Waals surface area contributed by atoms with Gasteiger partial charge in [-0.2, -0.15) is 0 Å². The molecule has 144 valence electrons. The zero-order valence-corrected chi connectivity index (χ0v) is 17.1. The lowest BCUT2D eigenvalue weighted by molar-refractivity contribution is -0.127. The summed E-state index contributed by atoms with van der Waals surface area (Å²) in [5.74, 6) is 0.168. The van der Waals surface area contributed by atoms with E-state index in [4.69, 9.17) is 0 Å². The van der Waals surface area contributed by atoms with Crippen molar-refractivity contribution in [1.29, 1.82) is 0 Å². The van der Waals surface area contributed by atoms with Crippen molar-refractivity contribution in [1.82, 2.24) is 10.9 Å². The van der Waals surface area contributed by atoms with Crippen LogP contribution in [0.1, 0.15) is 28.7 Å². The third-order valence-electron chi connectivity index (χ3n) is 4.24. The average molecular weight is 386 g/mol. The summed E-state index contributed by atoms with van der Waals surface area (Å²) in [6.45, 7) is 8.27. The molecule has 0 aliphatic heterocycles. The third kappa shape index (κ3) is 6.98. The maximum Gasteiger partial charge on any atom is 0.257 e. The summed E-state index contributed by atoms with van der Waals surface area (Å²) < 4.78 is 0. The van der Waals surface area contributed by atoms with Crippen LogP contribution in [0.4, 0.5) is 5.69 Å². The van der Waals surface area contributed by atoms with Gasteiger partial charge in [0, 0.05) is 22.8 Å².